The number of nitrogens with zero attached hydrogens (tertiary/aromatic N) is 1. The van der Waals surface area contributed by atoms with Gasteiger partial charge in [-0.2, -0.15) is 0 Å². The SMILES string of the molecule is CCN(S)c1cc(C(C)(C)C)cc(C(C)(C)C)c1O. The van der Waals surface area contributed by atoms with Crippen molar-refractivity contribution >= 4 is 18.5 Å². The molecule has 0 aliphatic carbocycles. The predicted molar refractivity (Wildman–Crippen MR) is 87.5 cm³/mol. The van der Waals surface area contributed by atoms with Crippen LogP contribution in [-0.4, -0.2) is 11.7 Å². The Kier molecular flexibility index (Phi) is 4.51. The second-order valence-electron chi connectivity index (χ2n) is 7.11. The zero-order valence-electron chi connectivity index (χ0n) is 13.2. The van der Waals surface area contributed by atoms with Crippen LogP contribution in [0.1, 0.15) is 59.6 Å². The van der Waals surface area contributed by atoms with E-state index in [1.807, 2.05) is 13.0 Å². The van der Waals surface area contributed by atoms with Gasteiger partial charge in [-0.1, -0.05) is 60.4 Å². The highest BCUT2D eigenvalue weighted by atomic mass is 32.1. The third-order valence-electron chi connectivity index (χ3n) is 3.34. The van der Waals surface area contributed by atoms with Crippen LogP contribution in [0.25, 0.3) is 0 Å². The zero-order valence-corrected chi connectivity index (χ0v) is 14.1. The van der Waals surface area contributed by atoms with Crippen LogP contribution in [0.4, 0.5) is 5.69 Å². The molecule has 0 aliphatic rings. The van der Waals surface area contributed by atoms with Crippen LogP contribution in [-0.2, 0) is 10.8 Å². The van der Waals surface area contributed by atoms with E-state index in [0.29, 0.717) is 5.75 Å². The Hall–Kier alpha value is -0.830. The molecule has 19 heavy (non-hydrogen) atoms. The highest BCUT2D eigenvalue weighted by molar-refractivity contribution is 7.81. The number of phenolic OH excluding ortho intramolecular Hbond substituents is 1. The lowest BCUT2D eigenvalue weighted by Crippen LogP contribution is -2.19. The maximum atomic E-state index is 10.5. The summed E-state index contributed by atoms with van der Waals surface area (Å²) in [6.45, 7) is 15.7. The summed E-state index contributed by atoms with van der Waals surface area (Å²) in [5, 5.41) is 10.5. The molecular weight excluding hydrogens is 254 g/mol. The Morgan fingerprint density at radius 1 is 1.05 bits per heavy atom. The summed E-state index contributed by atoms with van der Waals surface area (Å²) in [6.07, 6.45) is 0. The molecule has 108 valence electrons. The van der Waals surface area contributed by atoms with Gasteiger partial charge in [0.15, 0.2) is 0 Å². The number of hydrogen-bond donors (Lipinski definition) is 2. The molecule has 0 aromatic heterocycles. The van der Waals surface area contributed by atoms with Gasteiger partial charge in [-0.05, 0) is 29.4 Å². The highest BCUT2D eigenvalue weighted by Gasteiger charge is 2.25. The molecule has 0 fully saturated rings. The average Bonchev–Trinajstić information content (AvgIpc) is 2.25. The molecule has 0 saturated carbocycles. The van der Waals surface area contributed by atoms with Gasteiger partial charge >= 0.3 is 0 Å². The van der Waals surface area contributed by atoms with E-state index in [1.54, 1.807) is 4.31 Å². The average molecular weight is 281 g/mol. The van der Waals surface area contributed by atoms with Crippen molar-refractivity contribution in [3.05, 3.63) is 23.3 Å². The van der Waals surface area contributed by atoms with Gasteiger partial charge in [0, 0.05) is 12.1 Å². The third kappa shape index (κ3) is 3.59. The van der Waals surface area contributed by atoms with Crippen molar-refractivity contribution in [2.75, 3.05) is 10.8 Å². The molecule has 0 saturated heterocycles. The van der Waals surface area contributed by atoms with Crippen LogP contribution >= 0.6 is 12.8 Å². The maximum Gasteiger partial charge on any atom is 0.143 e. The lowest BCUT2D eigenvalue weighted by molar-refractivity contribution is 0.446. The van der Waals surface area contributed by atoms with E-state index in [2.05, 4.69) is 60.4 Å². The number of aromatic hydroxyl groups is 1. The van der Waals surface area contributed by atoms with Crippen LogP contribution in [0.5, 0.6) is 5.75 Å². The second kappa shape index (κ2) is 5.28. The minimum absolute atomic E-state index is 0.0464. The Labute approximate surface area is 123 Å². The summed E-state index contributed by atoms with van der Waals surface area (Å²) in [4.78, 5) is 0. The number of thiol groups is 1. The van der Waals surface area contributed by atoms with Crippen LogP contribution in [0.3, 0.4) is 0 Å². The fourth-order valence-corrected chi connectivity index (χ4v) is 2.14. The largest absolute Gasteiger partial charge is 0.505 e. The molecule has 0 radical (unpaired) electrons. The van der Waals surface area contributed by atoms with Crippen molar-refractivity contribution in [2.45, 2.75) is 59.3 Å². The normalized spacial score (nSPS) is 12.6. The minimum Gasteiger partial charge on any atom is -0.505 e. The molecule has 1 rings (SSSR count). The van der Waals surface area contributed by atoms with Crippen molar-refractivity contribution in [3.8, 4) is 5.75 Å². The Bertz CT molecular complexity index is 455. The molecule has 0 unspecified atom stereocenters. The third-order valence-corrected chi connectivity index (χ3v) is 3.84. The molecule has 0 spiro atoms. The summed E-state index contributed by atoms with van der Waals surface area (Å²) in [5.41, 5.74) is 2.94. The maximum absolute atomic E-state index is 10.5. The van der Waals surface area contributed by atoms with Crippen LogP contribution < -0.4 is 4.31 Å². The van der Waals surface area contributed by atoms with Gasteiger partial charge in [0.1, 0.15) is 5.75 Å². The van der Waals surface area contributed by atoms with Gasteiger partial charge in [0.2, 0.25) is 0 Å². The Morgan fingerprint density at radius 3 is 1.95 bits per heavy atom. The number of hydrogen-bond acceptors (Lipinski definition) is 3. The lowest BCUT2D eigenvalue weighted by atomic mass is 9.79. The van der Waals surface area contributed by atoms with E-state index in [9.17, 15) is 5.11 Å². The molecule has 2 nitrogen and oxygen atoms in total. The molecule has 1 aromatic carbocycles. The minimum atomic E-state index is -0.0948. The van der Waals surface area contributed by atoms with Crippen molar-refractivity contribution in [3.63, 3.8) is 0 Å². The standard InChI is InChI=1S/C16H27NOS/c1-8-17(19)13-10-11(15(2,3)4)9-12(14(13)18)16(5,6)7/h9-10,18-19H,8H2,1-7H3. The molecule has 1 aromatic rings. The van der Waals surface area contributed by atoms with E-state index < -0.39 is 0 Å². The number of rotatable bonds is 2. The molecule has 1 N–H and O–H groups in total. The molecule has 3 heteroatoms. The smallest absolute Gasteiger partial charge is 0.143 e. The second-order valence-corrected chi connectivity index (χ2v) is 7.59. The first-order valence-corrected chi connectivity index (χ1v) is 7.23. The number of benzene rings is 1. The van der Waals surface area contributed by atoms with Gasteiger partial charge in [0.25, 0.3) is 0 Å². The lowest BCUT2D eigenvalue weighted by Gasteiger charge is -2.29. The Morgan fingerprint density at radius 2 is 1.58 bits per heavy atom. The van der Waals surface area contributed by atoms with E-state index in [0.717, 1.165) is 17.8 Å². The quantitative estimate of drug-likeness (QED) is 0.770. The monoisotopic (exact) mass is 281 g/mol. The molecule has 0 bridgehead atoms. The first-order chi connectivity index (χ1) is 8.48. The van der Waals surface area contributed by atoms with Crippen molar-refractivity contribution < 1.29 is 5.11 Å². The summed E-state index contributed by atoms with van der Waals surface area (Å²) >= 11 is 4.45. The highest BCUT2D eigenvalue weighted by Crippen LogP contribution is 2.42. The van der Waals surface area contributed by atoms with Gasteiger partial charge in [0.05, 0.1) is 5.69 Å². The summed E-state index contributed by atoms with van der Waals surface area (Å²) in [7, 11) is 0. The first kappa shape index (κ1) is 16.2. The van der Waals surface area contributed by atoms with E-state index in [4.69, 9.17) is 0 Å². The molecule has 0 heterocycles. The topological polar surface area (TPSA) is 23.5 Å². The van der Waals surface area contributed by atoms with Crippen LogP contribution in [0.2, 0.25) is 0 Å². The fraction of sp³-hybridized carbons (Fsp3) is 0.625. The van der Waals surface area contributed by atoms with E-state index >= 15 is 0 Å². The number of phenols is 1. The fourth-order valence-electron chi connectivity index (χ4n) is 1.99. The molecule has 0 amide bonds. The zero-order chi connectivity index (χ0) is 15.0. The number of anilines is 1. The van der Waals surface area contributed by atoms with Gasteiger partial charge in [-0.25, -0.2) is 0 Å². The van der Waals surface area contributed by atoms with Gasteiger partial charge in [-0.3, -0.25) is 0 Å². The van der Waals surface area contributed by atoms with Crippen molar-refractivity contribution in [2.24, 2.45) is 0 Å². The molecule has 0 aliphatic heterocycles. The first-order valence-electron chi connectivity index (χ1n) is 6.83. The van der Waals surface area contributed by atoms with Gasteiger partial charge in [-0.15, -0.1) is 0 Å². The van der Waals surface area contributed by atoms with Crippen LogP contribution in [0, 0.1) is 0 Å². The molecular formula is C16H27NOS. The van der Waals surface area contributed by atoms with Crippen molar-refractivity contribution in [1.29, 1.82) is 0 Å². The van der Waals surface area contributed by atoms with Crippen LogP contribution in [0.15, 0.2) is 12.1 Å². The van der Waals surface area contributed by atoms with Crippen molar-refractivity contribution in [1.82, 2.24) is 0 Å². The Balaban J connectivity index is 3.57. The molecule has 0 atom stereocenters. The predicted octanol–water partition coefficient (Wildman–Crippen LogP) is 4.66. The van der Waals surface area contributed by atoms with E-state index in [1.165, 1.54) is 5.56 Å². The summed E-state index contributed by atoms with van der Waals surface area (Å²) in [6, 6.07) is 4.16. The summed E-state index contributed by atoms with van der Waals surface area (Å²) < 4.78 is 1.79. The van der Waals surface area contributed by atoms with Gasteiger partial charge < -0.3 is 9.41 Å². The van der Waals surface area contributed by atoms with E-state index in [-0.39, 0.29) is 10.8 Å². The summed E-state index contributed by atoms with van der Waals surface area (Å²) in [5.74, 6) is 0.345.